The van der Waals surface area contributed by atoms with Crippen molar-refractivity contribution in [3.63, 3.8) is 0 Å². The van der Waals surface area contributed by atoms with E-state index in [1.807, 2.05) is 42.5 Å². The summed E-state index contributed by atoms with van der Waals surface area (Å²) in [5, 5.41) is 0. The fourth-order valence-corrected chi connectivity index (χ4v) is 2.54. The third kappa shape index (κ3) is 6.08. The van der Waals surface area contributed by atoms with E-state index in [-0.39, 0.29) is 25.7 Å². The van der Waals surface area contributed by atoms with Gasteiger partial charge < -0.3 is 9.97 Å². The van der Waals surface area contributed by atoms with Crippen LogP contribution in [0.4, 0.5) is 8.78 Å². The zero-order valence-electron chi connectivity index (χ0n) is 15.8. The molecule has 149 valence electrons. The van der Waals surface area contributed by atoms with E-state index in [2.05, 4.69) is 27.1 Å². The third-order valence-electron chi connectivity index (χ3n) is 3.81. The molecule has 2 aromatic carbocycles. The first-order chi connectivity index (χ1) is 13.5. The molecule has 0 N–H and O–H groups in total. The van der Waals surface area contributed by atoms with Crippen molar-refractivity contribution in [1.29, 1.82) is 0 Å². The fourth-order valence-electron chi connectivity index (χ4n) is 2.54. The molecule has 0 saturated heterocycles. The molecule has 0 spiro atoms. The first-order valence-corrected chi connectivity index (χ1v) is 8.60. The second-order valence-corrected chi connectivity index (χ2v) is 5.98. The van der Waals surface area contributed by atoms with Gasteiger partial charge in [-0.15, -0.1) is 48.0 Å². The zero-order chi connectivity index (χ0) is 19.9. The van der Waals surface area contributed by atoms with Gasteiger partial charge in [0.2, 0.25) is 0 Å². The average molecular weight is 566 g/mol. The van der Waals surface area contributed by atoms with Crippen LogP contribution >= 0.6 is 0 Å². The number of pyridine rings is 1. The molecule has 4 aromatic rings. The largest absolute Gasteiger partial charge is 0.305 e. The first kappa shape index (κ1) is 22.5. The molecule has 0 unspecified atom stereocenters. The van der Waals surface area contributed by atoms with Gasteiger partial charge in [0.1, 0.15) is 0 Å². The van der Waals surface area contributed by atoms with Crippen LogP contribution in [0.25, 0.3) is 22.5 Å². The molecule has 3 nitrogen and oxygen atoms in total. The van der Waals surface area contributed by atoms with Gasteiger partial charge in [0.25, 0.3) is 0 Å². The van der Waals surface area contributed by atoms with E-state index >= 15 is 0 Å². The van der Waals surface area contributed by atoms with E-state index in [0.29, 0.717) is 11.4 Å². The minimum absolute atomic E-state index is 0. The van der Waals surface area contributed by atoms with Crippen molar-refractivity contribution in [2.75, 3.05) is 0 Å². The maximum Gasteiger partial charge on any atom is 0.0539 e. The molecule has 0 saturated carbocycles. The summed E-state index contributed by atoms with van der Waals surface area (Å²) in [6.45, 7) is 3.53. The molecule has 0 atom stereocenters. The van der Waals surface area contributed by atoms with Crippen LogP contribution in [0, 0.1) is 37.6 Å². The van der Waals surface area contributed by atoms with Gasteiger partial charge in [0.05, 0.1) is 5.69 Å². The first-order valence-electron chi connectivity index (χ1n) is 8.60. The fraction of sp³-hybridized carbons (Fsp3) is 0.0870. The second kappa shape index (κ2) is 10.6. The molecule has 4 rings (SSSR count). The predicted octanol–water partition coefficient (Wildman–Crippen LogP) is 5.39. The van der Waals surface area contributed by atoms with Crippen molar-refractivity contribution < 1.29 is 28.9 Å². The number of aryl methyl sites for hydroxylation is 2. The summed E-state index contributed by atoms with van der Waals surface area (Å²) in [7, 11) is 0. The molecule has 0 amide bonds. The van der Waals surface area contributed by atoms with Crippen molar-refractivity contribution in [2.45, 2.75) is 13.8 Å². The Labute approximate surface area is 182 Å². The van der Waals surface area contributed by atoms with Crippen LogP contribution in [0.15, 0.2) is 67.0 Å². The summed E-state index contributed by atoms with van der Waals surface area (Å²) in [5.74, 6) is -1.33. The quantitative estimate of drug-likeness (QED) is 0.306. The van der Waals surface area contributed by atoms with Crippen molar-refractivity contribution in [3.05, 3.63) is 102 Å². The van der Waals surface area contributed by atoms with Crippen LogP contribution in [0.5, 0.6) is 0 Å². The number of nitrogens with zero attached hydrogens (tertiary/aromatic N) is 3. The van der Waals surface area contributed by atoms with Gasteiger partial charge in [-0.25, -0.2) is 0 Å². The van der Waals surface area contributed by atoms with Crippen LogP contribution in [0.2, 0.25) is 0 Å². The summed E-state index contributed by atoms with van der Waals surface area (Å²) < 4.78 is 26.2. The van der Waals surface area contributed by atoms with Crippen molar-refractivity contribution in [2.24, 2.45) is 0 Å². The van der Waals surface area contributed by atoms with Gasteiger partial charge >= 0.3 is 0 Å². The molecule has 0 bridgehead atoms. The molecule has 0 aliphatic heterocycles. The molecule has 0 aliphatic carbocycles. The molecule has 2 aromatic heterocycles. The van der Waals surface area contributed by atoms with Crippen LogP contribution in [0.3, 0.4) is 0 Å². The Bertz CT molecular complexity index is 971. The van der Waals surface area contributed by atoms with Crippen molar-refractivity contribution >= 4 is 0 Å². The summed E-state index contributed by atoms with van der Waals surface area (Å²) in [6, 6.07) is 21.2. The molecular weight excluding hydrogens is 548 g/mol. The molecular formula is C23H17F2IrN3-2. The Kier molecular flexibility index (Phi) is 8.25. The summed E-state index contributed by atoms with van der Waals surface area (Å²) >= 11 is 0. The third-order valence-corrected chi connectivity index (χ3v) is 3.81. The van der Waals surface area contributed by atoms with E-state index in [1.54, 1.807) is 26.2 Å². The number of rotatable bonds is 2. The maximum absolute atomic E-state index is 13.5. The van der Waals surface area contributed by atoms with Gasteiger partial charge in [0.15, 0.2) is 0 Å². The van der Waals surface area contributed by atoms with Crippen LogP contribution in [-0.2, 0) is 20.1 Å². The van der Waals surface area contributed by atoms with Crippen LogP contribution in [0.1, 0.15) is 11.4 Å². The van der Waals surface area contributed by atoms with Gasteiger partial charge in [-0.2, -0.15) is 0 Å². The van der Waals surface area contributed by atoms with Crippen LogP contribution in [-0.4, -0.2) is 15.0 Å². The number of hydrogen-bond donors (Lipinski definition) is 0. The summed E-state index contributed by atoms with van der Waals surface area (Å²) in [5.41, 5.74) is 3.90. The van der Waals surface area contributed by atoms with Gasteiger partial charge in [-0.05, 0) is 25.6 Å². The number of halogens is 2. The standard InChI is InChI=1S/C12H9F2N2.C11H8N.Ir/c1-7-6-15-12(8(2)16-7)10-4-3-9(13)5-11(10)14;1-2-6-10(7-3-1)11-8-4-5-9-12-11;/h3,5-6H,1-2H3;1-6,8-9H;/q2*-1;. The normalized spacial score (nSPS) is 9.79. The van der Waals surface area contributed by atoms with E-state index < -0.39 is 11.6 Å². The summed E-state index contributed by atoms with van der Waals surface area (Å²) in [6.07, 6.45) is 3.33. The smallest absolute Gasteiger partial charge is 0.0539 e. The van der Waals surface area contributed by atoms with Crippen molar-refractivity contribution in [1.82, 2.24) is 15.0 Å². The second-order valence-electron chi connectivity index (χ2n) is 5.98. The Morgan fingerprint density at radius 1 is 0.931 bits per heavy atom. The number of hydrogen-bond acceptors (Lipinski definition) is 3. The number of aromatic nitrogens is 3. The number of benzene rings is 2. The molecule has 29 heavy (non-hydrogen) atoms. The predicted molar refractivity (Wildman–Crippen MR) is 104 cm³/mol. The van der Waals surface area contributed by atoms with Gasteiger partial charge in [-0.3, -0.25) is 13.8 Å². The Hall–Kier alpha value is -2.82. The van der Waals surface area contributed by atoms with Gasteiger partial charge in [0, 0.05) is 55.5 Å². The minimum atomic E-state index is -0.679. The van der Waals surface area contributed by atoms with E-state index in [0.717, 1.165) is 29.1 Å². The maximum atomic E-state index is 13.5. The SMILES string of the molecule is Cc1cnc(-c2[c-]cc(F)cc2F)c(C)n1.[Ir].[c-]1ccccc1-c1ccccn1. The van der Waals surface area contributed by atoms with E-state index in [1.165, 1.54) is 0 Å². The molecule has 0 fully saturated rings. The average Bonchev–Trinajstić information content (AvgIpc) is 2.71. The van der Waals surface area contributed by atoms with Crippen molar-refractivity contribution in [3.8, 4) is 22.5 Å². The van der Waals surface area contributed by atoms with Gasteiger partial charge in [-0.1, -0.05) is 23.8 Å². The zero-order valence-corrected chi connectivity index (χ0v) is 18.2. The van der Waals surface area contributed by atoms with E-state index in [9.17, 15) is 8.78 Å². The monoisotopic (exact) mass is 566 g/mol. The van der Waals surface area contributed by atoms with E-state index in [4.69, 9.17) is 0 Å². The molecule has 2 heterocycles. The Morgan fingerprint density at radius 3 is 2.34 bits per heavy atom. The Balaban J connectivity index is 0.000000207. The topological polar surface area (TPSA) is 38.7 Å². The summed E-state index contributed by atoms with van der Waals surface area (Å²) in [4.78, 5) is 12.5. The Morgan fingerprint density at radius 2 is 1.72 bits per heavy atom. The molecule has 1 radical (unpaired) electrons. The molecule has 6 heteroatoms. The molecule has 0 aliphatic rings. The van der Waals surface area contributed by atoms with Crippen LogP contribution < -0.4 is 0 Å². The minimum Gasteiger partial charge on any atom is -0.305 e.